The van der Waals surface area contributed by atoms with Crippen LogP contribution in [0.15, 0.2) is 0 Å². The van der Waals surface area contributed by atoms with Gasteiger partial charge in [-0.05, 0) is 66.2 Å². The number of carbonyl (C=O) groups excluding carboxylic acids is 2. The van der Waals surface area contributed by atoms with Crippen LogP contribution >= 0.6 is 0 Å². The molecule has 2 aliphatic rings. The van der Waals surface area contributed by atoms with Gasteiger partial charge in [0, 0.05) is 13.1 Å². The van der Waals surface area contributed by atoms with Gasteiger partial charge in [0.2, 0.25) is 5.91 Å². The number of likely N-dealkylation sites (tertiary alicyclic amines) is 1. The van der Waals surface area contributed by atoms with Gasteiger partial charge in [-0.1, -0.05) is 19.3 Å². The highest BCUT2D eigenvalue weighted by Gasteiger charge is 2.49. The summed E-state index contributed by atoms with van der Waals surface area (Å²) in [5.41, 5.74) is -1.61. The largest absolute Gasteiger partial charge is 0.444 e. The third kappa shape index (κ3) is 5.59. The van der Waals surface area contributed by atoms with E-state index in [4.69, 9.17) is 4.74 Å². The molecule has 1 heterocycles. The molecule has 2 fully saturated rings. The molecule has 156 valence electrons. The lowest BCUT2D eigenvalue weighted by molar-refractivity contribution is -0.141. The summed E-state index contributed by atoms with van der Waals surface area (Å²) in [5.74, 6) is 0.388. The van der Waals surface area contributed by atoms with Gasteiger partial charge in [0.15, 0.2) is 0 Å². The van der Waals surface area contributed by atoms with Crippen LogP contribution < -0.4 is 5.32 Å². The lowest BCUT2D eigenvalue weighted by Gasteiger charge is -2.47. The van der Waals surface area contributed by atoms with Crippen LogP contribution in [0.1, 0.15) is 79.6 Å². The summed E-state index contributed by atoms with van der Waals surface area (Å²) in [4.78, 5) is 27.5. The summed E-state index contributed by atoms with van der Waals surface area (Å²) in [7, 11) is 0. The molecule has 0 atom stereocenters. The van der Waals surface area contributed by atoms with Crippen LogP contribution in [0.5, 0.6) is 0 Å². The number of nitrogens with one attached hydrogen (secondary N) is 1. The molecule has 1 aliphatic carbocycles. The van der Waals surface area contributed by atoms with E-state index in [1.807, 2.05) is 34.6 Å². The fraction of sp³-hybridized carbons (Fsp3) is 0.905. The highest BCUT2D eigenvalue weighted by atomic mass is 16.6. The number of rotatable bonds is 4. The van der Waals surface area contributed by atoms with Crippen molar-refractivity contribution < 1.29 is 19.4 Å². The second kappa shape index (κ2) is 8.38. The summed E-state index contributed by atoms with van der Waals surface area (Å²) >= 11 is 0. The highest BCUT2D eigenvalue weighted by molar-refractivity contribution is 5.84. The molecule has 2 rings (SSSR count). The maximum absolute atomic E-state index is 13.3. The SMILES string of the molecule is CC(C)(CO)NC(=O)C1(C2CCCCC2)CCN(C(=O)OC(C)(C)C)CC1. The van der Waals surface area contributed by atoms with Crippen molar-refractivity contribution in [3.05, 3.63) is 0 Å². The van der Waals surface area contributed by atoms with Gasteiger partial charge in [0.1, 0.15) is 5.60 Å². The van der Waals surface area contributed by atoms with Gasteiger partial charge < -0.3 is 20.1 Å². The predicted molar refractivity (Wildman–Crippen MR) is 105 cm³/mol. The Morgan fingerprint density at radius 2 is 1.63 bits per heavy atom. The second-order valence-electron chi connectivity index (χ2n) is 9.95. The molecule has 6 nitrogen and oxygen atoms in total. The minimum atomic E-state index is -0.638. The normalized spacial score (nSPS) is 21.6. The zero-order valence-electron chi connectivity index (χ0n) is 17.8. The van der Waals surface area contributed by atoms with E-state index in [-0.39, 0.29) is 18.6 Å². The molecule has 2 amide bonds. The minimum absolute atomic E-state index is 0.0392. The van der Waals surface area contributed by atoms with E-state index in [9.17, 15) is 14.7 Å². The zero-order chi connectivity index (χ0) is 20.3. The number of piperidine rings is 1. The standard InChI is InChI=1S/C21H38N2O4/c1-19(2,3)27-18(26)23-13-11-21(12-14-23,16-9-7-6-8-10-16)17(25)22-20(4,5)15-24/h16,24H,6-15H2,1-5H3,(H,22,25). The number of aliphatic hydroxyl groups is 1. The lowest BCUT2D eigenvalue weighted by atomic mass is 9.63. The molecule has 0 spiro atoms. The van der Waals surface area contributed by atoms with Crippen molar-refractivity contribution in [3.63, 3.8) is 0 Å². The molecule has 1 saturated heterocycles. The maximum atomic E-state index is 13.3. The first-order valence-corrected chi connectivity index (χ1v) is 10.4. The van der Waals surface area contributed by atoms with E-state index >= 15 is 0 Å². The molecule has 6 heteroatoms. The molecule has 0 aromatic rings. The Balaban J connectivity index is 2.13. The summed E-state index contributed by atoms with van der Waals surface area (Å²) < 4.78 is 5.50. The van der Waals surface area contributed by atoms with Crippen molar-refractivity contribution in [2.75, 3.05) is 19.7 Å². The number of carbonyl (C=O) groups is 2. The molecular formula is C21H38N2O4. The molecule has 0 bridgehead atoms. The number of hydrogen-bond acceptors (Lipinski definition) is 4. The Hall–Kier alpha value is -1.30. The Morgan fingerprint density at radius 1 is 1.07 bits per heavy atom. The van der Waals surface area contributed by atoms with Gasteiger partial charge in [-0.3, -0.25) is 4.79 Å². The van der Waals surface area contributed by atoms with Gasteiger partial charge in [-0.2, -0.15) is 0 Å². The van der Waals surface area contributed by atoms with E-state index in [2.05, 4.69) is 5.32 Å². The average Bonchev–Trinajstić information content (AvgIpc) is 2.60. The van der Waals surface area contributed by atoms with Gasteiger partial charge in [-0.15, -0.1) is 0 Å². The molecule has 1 saturated carbocycles. The molecular weight excluding hydrogens is 344 g/mol. The van der Waals surface area contributed by atoms with Crippen molar-refractivity contribution in [2.45, 2.75) is 90.7 Å². The Morgan fingerprint density at radius 3 is 2.11 bits per heavy atom. The fourth-order valence-electron chi connectivity index (χ4n) is 4.36. The number of ether oxygens (including phenoxy) is 1. The van der Waals surface area contributed by atoms with Crippen LogP contribution in [-0.4, -0.2) is 52.8 Å². The van der Waals surface area contributed by atoms with Crippen LogP contribution in [0.25, 0.3) is 0 Å². The third-order valence-corrected chi connectivity index (χ3v) is 5.99. The van der Waals surface area contributed by atoms with Crippen molar-refractivity contribution in [1.29, 1.82) is 0 Å². The van der Waals surface area contributed by atoms with Crippen LogP contribution in [-0.2, 0) is 9.53 Å². The van der Waals surface area contributed by atoms with Crippen molar-refractivity contribution in [2.24, 2.45) is 11.3 Å². The molecule has 0 radical (unpaired) electrons. The molecule has 0 unspecified atom stereocenters. The van der Waals surface area contributed by atoms with Crippen molar-refractivity contribution in [1.82, 2.24) is 10.2 Å². The number of aliphatic hydroxyl groups excluding tert-OH is 1. The van der Waals surface area contributed by atoms with Gasteiger partial charge in [0.05, 0.1) is 17.6 Å². The molecule has 27 heavy (non-hydrogen) atoms. The molecule has 0 aromatic heterocycles. The summed E-state index contributed by atoms with van der Waals surface area (Å²) in [6.45, 7) is 10.3. The number of hydrogen-bond donors (Lipinski definition) is 2. The monoisotopic (exact) mass is 382 g/mol. The smallest absolute Gasteiger partial charge is 0.410 e. The maximum Gasteiger partial charge on any atom is 0.410 e. The second-order valence-corrected chi connectivity index (χ2v) is 9.95. The van der Waals surface area contributed by atoms with Gasteiger partial charge >= 0.3 is 6.09 Å². The minimum Gasteiger partial charge on any atom is -0.444 e. The Kier molecular flexibility index (Phi) is 6.82. The Labute approximate surface area is 164 Å². The lowest BCUT2D eigenvalue weighted by Crippen LogP contribution is -2.58. The number of nitrogens with zero attached hydrogens (tertiary/aromatic N) is 1. The summed E-state index contributed by atoms with van der Waals surface area (Å²) in [5, 5.41) is 12.6. The predicted octanol–water partition coefficient (Wildman–Crippen LogP) is 3.47. The van der Waals surface area contributed by atoms with Crippen LogP contribution in [0.4, 0.5) is 4.79 Å². The van der Waals surface area contributed by atoms with Crippen LogP contribution in [0.3, 0.4) is 0 Å². The van der Waals surface area contributed by atoms with Gasteiger partial charge in [-0.25, -0.2) is 4.79 Å². The van der Waals surface area contributed by atoms with Crippen molar-refractivity contribution in [3.8, 4) is 0 Å². The third-order valence-electron chi connectivity index (χ3n) is 5.99. The van der Waals surface area contributed by atoms with Gasteiger partial charge in [0.25, 0.3) is 0 Å². The van der Waals surface area contributed by atoms with Crippen molar-refractivity contribution >= 4 is 12.0 Å². The highest BCUT2D eigenvalue weighted by Crippen LogP contribution is 2.46. The van der Waals surface area contributed by atoms with E-state index in [1.54, 1.807) is 4.90 Å². The molecule has 2 N–H and O–H groups in total. The zero-order valence-corrected chi connectivity index (χ0v) is 17.8. The first kappa shape index (κ1) is 22.0. The van der Waals surface area contributed by atoms with Crippen LogP contribution in [0, 0.1) is 11.3 Å². The molecule has 0 aromatic carbocycles. The summed E-state index contributed by atoms with van der Waals surface area (Å²) in [6.07, 6.45) is 6.72. The van der Waals surface area contributed by atoms with E-state index in [0.29, 0.717) is 31.8 Å². The average molecular weight is 383 g/mol. The van der Waals surface area contributed by atoms with E-state index in [0.717, 1.165) is 12.8 Å². The number of amides is 2. The van der Waals surface area contributed by atoms with E-state index in [1.165, 1.54) is 19.3 Å². The quantitative estimate of drug-likeness (QED) is 0.780. The topological polar surface area (TPSA) is 78.9 Å². The fourth-order valence-corrected chi connectivity index (χ4v) is 4.36. The first-order chi connectivity index (χ1) is 12.5. The molecule has 1 aliphatic heterocycles. The van der Waals surface area contributed by atoms with Crippen LogP contribution in [0.2, 0.25) is 0 Å². The Bertz CT molecular complexity index is 525. The van der Waals surface area contributed by atoms with E-state index < -0.39 is 16.6 Å². The summed E-state index contributed by atoms with van der Waals surface area (Å²) in [6, 6.07) is 0. The first-order valence-electron chi connectivity index (χ1n) is 10.4.